The predicted molar refractivity (Wildman–Crippen MR) is 57.6 cm³/mol. The molecular formula is C10H7BrF5NO2. The van der Waals surface area contributed by atoms with Crippen LogP contribution in [-0.2, 0) is 22.1 Å². The van der Waals surface area contributed by atoms with Gasteiger partial charge in [-0.2, -0.15) is 13.2 Å². The summed E-state index contributed by atoms with van der Waals surface area (Å²) in [6.45, 7) is 0. The number of pyridine rings is 1. The first kappa shape index (κ1) is 15.8. The van der Waals surface area contributed by atoms with Gasteiger partial charge in [-0.25, -0.2) is 13.8 Å². The molecule has 0 N–H and O–H groups in total. The van der Waals surface area contributed by atoms with Gasteiger partial charge in [-0.3, -0.25) is 4.79 Å². The molecule has 0 unspecified atom stereocenters. The smallest absolute Gasteiger partial charge is 0.417 e. The molecule has 0 aliphatic carbocycles. The van der Waals surface area contributed by atoms with Crippen molar-refractivity contribution in [2.24, 2.45) is 0 Å². The monoisotopic (exact) mass is 347 g/mol. The second kappa shape index (κ2) is 5.81. The Kier molecular flexibility index (Phi) is 4.83. The lowest BCUT2D eigenvalue weighted by atomic mass is 10.0. The molecule has 0 spiro atoms. The fraction of sp³-hybridized carbons (Fsp3) is 0.400. The van der Waals surface area contributed by atoms with Crippen LogP contribution in [0.3, 0.4) is 0 Å². The molecule has 9 heteroatoms. The fourth-order valence-corrected chi connectivity index (χ4v) is 1.86. The summed E-state index contributed by atoms with van der Waals surface area (Å²) in [7, 11) is 0.980. The van der Waals surface area contributed by atoms with Crippen LogP contribution in [0.25, 0.3) is 0 Å². The highest BCUT2D eigenvalue weighted by atomic mass is 79.9. The summed E-state index contributed by atoms with van der Waals surface area (Å²) in [5, 5.41) is 0. The highest BCUT2D eigenvalue weighted by molar-refractivity contribution is 9.10. The Labute approximate surface area is 112 Å². The minimum absolute atomic E-state index is 0.324. The molecule has 1 aromatic rings. The lowest BCUT2D eigenvalue weighted by Crippen LogP contribution is -2.18. The highest BCUT2D eigenvalue weighted by Crippen LogP contribution is 2.40. The minimum atomic E-state index is -5.03. The van der Waals surface area contributed by atoms with E-state index in [1.807, 2.05) is 0 Å². The van der Waals surface area contributed by atoms with E-state index in [-0.39, 0.29) is 4.60 Å². The first-order valence-corrected chi connectivity index (χ1v) is 5.57. The van der Waals surface area contributed by atoms with Crippen molar-refractivity contribution in [2.45, 2.75) is 19.0 Å². The largest absolute Gasteiger partial charge is 0.469 e. The molecule has 0 fully saturated rings. The van der Waals surface area contributed by atoms with Crippen molar-refractivity contribution >= 4 is 21.9 Å². The fourth-order valence-electron chi connectivity index (χ4n) is 1.42. The van der Waals surface area contributed by atoms with Crippen LogP contribution in [-0.4, -0.2) is 18.1 Å². The van der Waals surface area contributed by atoms with Crippen LogP contribution in [0.1, 0.15) is 23.1 Å². The normalized spacial score (nSPS) is 11.8. The van der Waals surface area contributed by atoms with E-state index < -0.39 is 41.7 Å². The maximum Gasteiger partial charge on any atom is 0.417 e. The average molecular weight is 348 g/mol. The Hall–Kier alpha value is -1.25. The summed E-state index contributed by atoms with van der Waals surface area (Å²) in [4.78, 5) is 14.5. The van der Waals surface area contributed by atoms with E-state index in [0.29, 0.717) is 6.20 Å². The number of nitrogens with zero attached hydrogens (tertiary/aromatic N) is 1. The van der Waals surface area contributed by atoms with Crippen molar-refractivity contribution < 1.29 is 31.5 Å². The SMILES string of the molecule is COC(=O)Cc1c(Br)ncc(C(F)F)c1C(F)(F)F. The van der Waals surface area contributed by atoms with Crippen LogP contribution >= 0.6 is 15.9 Å². The molecule has 3 nitrogen and oxygen atoms in total. The Morgan fingerprint density at radius 2 is 2.05 bits per heavy atom. The number of hydrogen-bond donors (Lipinski definition) is 0. The summed E-state index contributed by atoms with van der Waals surface area (Å²) >= 11 is 2.72. The van der Waals surface area contributed by atoms with E-state index in [9.17, 15) is 26.7 Å². The van der Waals surface area contributed by atoms with Gasteiger partial charge in [-0.05, 0) is 15.9 Å². The summed E-state index contributed by atoms with van der Waals surface area (Å²) in [5.41, 5.74) is -3.50. The standard InChI is InChI=1S/C10H7BrF5NO2/c1-19-6(18)2-4-7(10(14,15)16)5(9(12)13)3-17-8(4)11/h3,9H,2H2,1H3. The molecule has 0 saturated heterocycles. The molecule has 0 saturated carbocycles. The van der Waals surface area contributed by atoms with Crippen molar-refractivity contribution in [3.63, 3.8) is 0 Å². The summed E-state index contributed by atoms with van der Waals surface area (Å²) in [6.07, 6.45) is -8.76. The van der Waals surface area contributed by atoms with Gasteiger partial charge >= 0.3 is 12.1 Å². The van der Waals surface area contributed by atoms with E-state index in [1.54, 1.807) is 0 Å². The van der Waals surface area contributed by atoms with Crippen molar-refractivity contribution in [3.05, 3.63) is 27.5 Å². The first-order valence-electron chi connectivity index (χ1n) is 4.78. The number of esters is 1. The van der Waals surface area contributed by atoms with Gasteiger partial charge in [-0.1, -0.05) is 0 Å². The van der Waals surface area contributed by atoms with Crippen molar-refractivity contribution in [3.8, 4) is 0 Å². The molecule has 0 aromatic carbocycles. The third-order valence-electron chi connectivity index (χ3n) is 2.22. The van der Waals surface area contributed by atoms with Crippen LogP contribution in [0.2, 0.25) is 0 Å². The number of carbonyl (C=O) groups excluding carboxylic acids is 1. The van der Waals surface area contributed by atoms with Crippen molar-refractivity contribution in [1.29, 1.82) is 0 Å². The number of ether oxygens (including phenoxy) is 1. The molecule has 0 aliphatic rings. The van der Waals surface area contributed by atoms with E-state index in [4.69, 9.17) is 0 Å². The molecule has 106 valence electrons. The van der Waals surface area contributed by atoms with E-state index in [1.165, 1.54) is 0 Å². The first-order chi connectivity index (χ1) is 8.68. The number of halogens is 6. The Bertz CT molecular complexity index is 490. The zero-order valence-corrected chi connectivity index (χ0v) is 11.0. The third-order valence-corrected chi connectivity index (χ3v) is 2.91. The van der Waals surface area contributed by atoms with E-state index in [2.05, 4.69) is 25.7 Å². The molecule has 0 radical (unpaired) electrons. The second-order valence-corrected chi connectivity index (χ2v) is 4.16. The molecule has 0 amide bonds. The van der Waals surface area contributed by atoms with Gasteiger partial charge in [0.05, 0.1) is 19.1 Å². The average Bonchev–Trinajstić information content (AvgIpc) is 2.29. The second-order valence-electron chi connectivity index (χ2n) is 3.41. The lowest BCUT2D eigenvalue weighted by molar-refractivity contribution is -0.142. The summed E-state index contributed by atoms with van der Waals surface area (Å²) < 4.78 is 67.8. The Morgan fingerprint density at radius 3 is 2.47 bits per heavy atom. The van der Waals surface area contributed by atoms with E-state index >= 15 is 0 Å². The number of aromatic nitrogens is 1. The summed E-state index contributed by atoms with van der Waals surface area (Å²) in [5.74, 6) is -0.987. The molecule has 19 heavy (non-hydrogen) atoms. The van der Waals surface area contributed by atoms with Crippen LogP contribution in [0, 0.1) is 0 Å². The number of hydrogen-bond acceptors (Lipinski definition) is 3. The number of rotatable bonds is 3. The van der Waals surface area contributed by atoms with Gasteiger partial charge in [0.2, 0.25) is 0 Å². The van der Waals surface area contributed by atoms with Gasteiger partial charge < -0.3 is 4.74 Å². The molecule has 1 rings (SSSR count). The van der Waals surface area contributed by atoms with Gasteiger partial charge in [0.15, 0.2) is 0 Å². The number of carbonyl (C=O) groups is 1. The summed E-state index contributed by atoms with van der Waals surface area (Å²) in [6, 6.07) is 0. The quantitative estimate of drug-likeness (QED) is 0.477. The lowest BCUT2D eigenvalue weighted by Gasteiger charge is -2.17. The Balaban J connectivity index is 3.49. The molecule has 0 bridgehead atoms. The topological polar surface area (TPSA) is 39.2 Å². The van der Waals surface area contributed by atoms with Gasteiger partial charge in [-0.15, -0.1) is 0 Å². The molecule has 1 aromatic heterocycles. The van der Waals surface area contributed by atoms with E-state index in [0.717, 1.165) is 7.11 Å². The van der Waals surface area contributed by atoms with Crippen LogP contribution in [0.4, 0.5) is 22.0 Å². The van der Waals surface area contributed by atoms with Crippen LogP contribution in [0.15, 0.2) is 10.8 Å². The van der Waals surface area contributed by atoms with Crippen molar-refractivity contribution in [1.82, 2.24) is 4.98 Å². The predicted octanol–water partition coefficient (Wildman–Crippen LogP) is 3.52. The number of alkyl halides is 5. The highest BCUT2D eigenvalue weighted by Gasteiger charge is 2.40. The molecule has 0 atom stereocenters. The third kappa shape index (κ3) is 3.62. The van der Waals surface area contributed by atoms with Crippen molar-refractivity contribution in [2.75, 3.05) is 7.11 Å². The maximum absolute atomic E-state index is 12.9. The zero-order valence-electron chi connectivity index (χ0n) is 9.39. The van der Waals surface area contributed by atoms with Gasteiger partial charge in [0, 0.05) is 17.3 Å². The molecular weight excluding hydrogens is 341 g/mol. The zero-order chi connectivity index (χ0) is 14.8. The van der Waals surface area contributed by atoms with Crippen LogP contribution < -0.4 is 0 Å². The Morgan fingerprint density at radius 1 is 1.47 bits per heavy atom. The van der Waals surface area contributed by atoms with Gasteiger partial charge in [0.25, 0.3) is 6.43 Å². The van der Waals surface area contributed by atoms with Crippen LogP contribution in [0.5, 0.6) is 0 Å². The van der Waals surface area contributed by atoms with Gasteiger partial charge in [0.1, 0.15) is 4.60 Å². The minimum Gasteiger partial charge on any atom is -0.469 e. The maximum atomic E-state index is 12.9. The number of methoxy groups -OCH3 is 1. The molecule has 0 aliphatic heterocycles. The molecule has 1 heterocycles.